The number of urea groups is 1. The summed E-state index contributed by atoms with van der Waals surface area (Å²) in [5.74, 6) is 1.94. The molecule has 2 N–H and O–H groups in total. The molecule has 3 aromatic rings. The van der Waals surface area contributed by atoms with Gasteiger partial charge in [-0.1, -0.05) is 29.8 Å². The van der Waals surface area contributed by atoms with Gasteiger partial charge in [0.1, 0.15) is 5.82 Å². The number of carbonyl (C=O) groups excluding carboxylic acids is 1. The largest absolute Gasteiger partial charge is 0.334 e. The van der Waals surface area contributed by atoms with E-state index >= 15 is 0 Å². The summed E-state index contributed by atoms with van der Waals surface area (Å²) in [6.45, 7) is 4.12. The van der Waals surface area contributed by atoms with E-state index in [-0.39, 0.29) is 6.03 Å². The standard InChI is InChI=1S/C21H24N6O/c1-15-2-4-16(5-3-15)13-23-21(28)27-11-8-17(14-27)12-19-24-20(26-25-19)18-6-9-22-10-7-18/h2-7,9-10,17H,8,11-14H2,1H3,(H,23,28)(H,24,25,26). The van der Waals surface area contributed by atoms with Crippen LogP contribution in [0.5, 0.6) is 0 Å². The highest BCUT2D eigenvalue weighted by atomic mass is 16.2. The number of amides is 2. The SMILES string of the molecule is Cc1ccc(CNC(=O)N2CCC(Cc3nc(-c4ccncc4)n[nH]3)C2)cc1. The van der Waals surface area contributed by atoms with E-state index in [1.807, 2.05) is 29.2 Å². The number of hydrogen-bond acceptors (Lipinski definition) is 4. The molecule has 28 heavy (non-hydrogen) atoms. The Bertz CT molecular complexity index is 922. The van der Waals surface area contributed by atoms with Crippen molar-refractivity contribution in [3.8, 4) is 11.4 Å². The second kappa shape index (κ2) is 8.21. The van der Waals surface area contributed by atoms with Gasteiger partial charge in [-0.25, -0.2) is 9.78 Å². The first-order valence-corrected chi connectivity index (χ1v) is 9.57. The van der Waals surface area contributed by atoms with Crippen LogP contribution in [-0.4, -0.2) is 44.2 Å². The van der Waals surface area contributed by atoms with Gasteiger partial charge in [-0.05, 0) is 37.0 Å². The molecule has 0 aliphatic carbocycles. The Balaban J connectivity index is 1.27. The Morgan fingerprint density at radius 3 is 2.79 bits per heavy atom. The first kappa shape index (κ1) is 18.2. The molecule has 4 rings (SSSR count). The van der Waals surface area contributed by atoms with E-state index in [0.29, 0.717) is 18.3 Å². The molecule has 2 aromatic heterocycles. The van der Waals surface area contributed by atoms with Crippen molar-refractivity contribution in [3.05, 3.63) is 65.7 Å². The van der Waals surface area contributed by atoms with Gasteiger partial charge >= 0.3 is 6.03 Å². The summed E-state index contributed by atoms with van der Waals surface area (Å²) in [5.41, 5.74) is 3.28. The van der Waals surface area contributed by atoms with Gasteiger partial charge in [-0.15, -0.1) is 0 Å². The van der Waals surface area contributed by atoms with Crippen LogP contribution in [0.4, 0.5) is 4.79 Å². The molecule has 7 heteroatoms. The van der Waals surface area contributed by atoms with Gasteiger partial charge in [0.05, 0.1) is 0 Å². The minimum Gasteiger partial charge on any atom is -0.334 e. The summed E-state index contributed by atoms with van der Waals surface area (Å²) in [7, 11) is 0. The van der Waals surface area contributed by atoms with Crippen molar-refractivity contribution in [1.29, 1.82) is 0 Å². The van der Waals surface area contributed by atoms with Gasteiger partial charge in [-0.3, -0.25) is 10.1 Å². The summed E-state index contributed by atoms with van der Waals surface area (Å²) >= 11 is 0. The normalized spacial score (nSPS) is 16.3. The van der Waals surface area contributed by atoms with Crippen molar-refractivity contribution in [3.63, 3.8) is 0 Å². The van der Waals surface area contributed by atoms with Crippen LogP contribution in [0.3, 0.4) is 0 Å². The summed E-state index contributed by atoms with van der Waals surface area (Å²) in [4.78, 5) is 22.9. The molecule has 144 valence electrons. The highest BCUT2D eigenvalue weighted by Crippen LogP contribution is 2.21. The van der Waals surface area contributed by atoms with Crippen LogP contribution in [0, 0.1) is 12.8 Å². The van der Waals surface area contributed by atoms with E-state index in [1.165, 1.54) is 5.56 Å². The monoisotopic (exact) mass is 376 g/mol. The maximum absolute atomic E-state index is 12.4. The Kier molecular flexibility index (Phi) is 5.32. The van der Waals surface area contributed by atoms with E-state index in [9.17, 15) is 4.79 Å². The molecule has 1 atom stereocenters. The van der Waals surface area contributed by atoms with Crippen molar-refractivity contribution in [1.82, 2.24) is 30.4 Å². The van der Waals surface area contributed by atoms with E-state index in [2.05, 4.69) is 44.5 Å². The van der Waals surface area contributed by atoms with E-state index in [1.54, 1.807) is 12.4 Å². The number of likely N-dealkylation sites (tertiary alicyclic amines) is 1. The fourth-order valence-electron chi connectivity index (χ4n) is 3.47. The highest BCUT2D eigenvalue weighted by molar-refractivity contribution is 5.74. The molecule has 1 aromatic carbocycles. The lowest BCUT2D eigenvalue weighted by Crippen LogP contribution is -2.38. The highest BCUT2D eigenvalue weighted by Gasteiger charge is 2.27. The van der Waals surface area contributed by atoms with Gasteiger partial charge in [0.25, 0.3) is 0 Å². The zero-order valence-corrected chi connectivity index (χ0v) is 15.9. The lowest BCUT2D eigenvalue weighted by molar-refractivity contribution is 0.206. The molecule has 1 unspecified atom stereocenters. The number of H-pyrrole nitrogens is 1. The molecule has 1 saturated heterocycles. The quantitative estimate of drug-likeness (QED) is 0.717. The second-order valence-electron chi connectivity index (χ2n) is 7.29. The van der Waals surface area contributed by atoms with Crippen molar-refractivity contribution < 1.29 is 4.79 Å². The summed E-state index contributed by atoms with van der Waals surface area (Å²) in [5, 5.41) is 10.3. The molecule has 1 fully saturated rings. The smallest absolute Gasteiger partial charge is 0.317 e. The third kappa shape index (κ3) is 4.36. The Hall–Kier alpha value is -3.22. The Morgan fingerprint density at radius 1 is 1.21 bits per heavy atom. The minimum absolute atomic E-state index is 0.00174. The van der Waals surface area contributed by atoms with Crippen LogP contribution in [0.1, 0.15) is 23.4 Å². The summed E-state index contributed by atoms with van der Waals surface area (Å²) in [6.07, 6.45) is 5.23. The lowest BCUT2D eigenvalue weighted by Gasteiger charge is -2.17. The van der Waals surface area contributed by atoms with Gasteiger partial charge in [0.15, 0.2) is 5.82 Å². The van der Waals surface area contributed by atoms with Crippen LogP contribution in [0.2, 0.25) is 0 Å². The number of aryl methyl sites for hydroxylation is 1. The number of pyridine rings is 1. The molecular weight excluding hydrogens is 352 g/mol. The molecule has 0 spiro atoms. The number of carbonyl (C=O) groups is 1. The number of rotatable bonds is 5. The zero-order valence-electron chi connectivity index (χ0n) is 15.9. The minimum atomic E-state index is -0.00174. The number of hydrogen-bond donors (Lipinski definition) is 2. The van der Waals surface area contributed by atoms with Crippen molar-refractivity contribution >= 4 is 6.03 Å². The van der Waals surface area contributed by atoms with Crippen molar-refractivity contribution in [2.75, 3.05) is 13.1 Å². The maximum Gasteiger partial charge on any atom is 0.317 e. The van der Waals surface area contributed by atoms with Crippen LogP contribution in [0.15, 0.2) is 48.8 Å². The molecule has 1 aliphatic heterocycles. The summed E-state index contributed by atoms with van der Waals surface area (Å²) < 4.78 is 0. The molecule has 7 nitrogen and oxygen atoms in total. The van der Waals surface area contributed by atoms with E-state index < -0.39 is 0 Å². The van der Waals surface area contributed by atoms with Crippen LogP contribution in [-0.2, 0) is 13.0 Å². The van der Waals surface area contributed by atoms with Crippen LogP contribution in [0.25, 0.3) is 11.4 Å². The third-order valence-electron chi connectivity index (χ3n) is 5.09. The molecule has 0 saturated carbocycles. The molecule has 2 amide bonds. The van der Waals surface area contributed by atoms with Crippen molar-refractivity contribution in [2.24, 2.45) is 5.92 Å². The lowest BCUT2D eigenvalue weighted by atomic mass is 10.1. The second-order valence-corrected chi connectivity index (χ2v) is 7.29. The van der Waals surface area contributed by atoms with Gasteiger partial charge in [0, 0.05) is 44.0 Å². The third-order valence-corrected chi connectivity index (χ3v) is 5.09. The molecule has 0 radical (unpaired) electrons. The van der Waals surface area contributed by atoms with Crippen molar-refractivity contribution in [2.45, 2.75) is 26.3 Å². The fraction of sp³-hybridized carbons (Fsp3) is 0.333. The first-order valence-electron chi connectivity index (χ1n) is 9.57. The van der Waals surface area contributed by atoms with Gasteiger partial charge in [-0.2, -0.15) is 5.10 Å². The summed E-state index contributed by atoms with van der Waals surface area (Å²) in [6, 6.07) is 12.0. The predicted octanol–water partition coefficient (Wildman–Crippen LogP) is 2.95. The molecule has 0 bridgehead atoms. The average molecular weight is 376 g/mol. The average Bonchev–Trinajstić information content (AvgIpc) is 3.38. The first-order chi connectivity index (χ1) is 13.7. The maximum atomic E-state index is 12.4. The molecule has 1 aliphatic rings. The Labute approximate surface area is 164 Å². The molecule has 3 heterocycles. The number of benzene rings is 1. The zero-order chi connectivity index (χ0) is 19.3. The number of aromatic amines is 1. The van der Waals surface area contributed by atoms with Crippen LogP contribution >= 0.6 is 0 Å². The molecular formula is C21H24N6O. The van der Waals surface area contributed by atoms with Gasteiger partial charge in [0.2, 0.25) is 0 Å². The topological polar surface area (TPSA) is 86.8 Å². The Morgan fingerprint density at radius 2 is 2.00 bits per heavy atom. The van der Waals surface area contributed by atoms with E-state index in [4.69, 9.17) is 0 Å². The predicted molar refractivity (Wildman–Crippen MR) is 106 cm³/mol. The van der Waals surface area contributed by atoms with Crippen LogP contribution < -0.4 is 5.32 Å². The fourth-order valence-corrected chi connectivity index (χ4v) is 3.47. The number of aromatic nitrogens is 4. The number of nitrogens with one attached hydrogen (secondary N) is 2. The van der Waals surface area contributed by atoms with E-state index in [0.717, 1.165) is 42.9 Å². The van der Waals surface area contributed by atoms with Gasteiger partial charge < -0.3 is 10.2 Å². The number of nitrogens with zero attached hydrogens (tertiary/aromatic N) is 4.